The molecule has 0 fully saturated rings. The van der Waals surface area contributed by atoms with Crippen LogP contribution < -0.4 is 5.32 Å². The van der Waals surface area contributed by atoms with Crippen molar-refractivity contribution in [2.45, 2.75) is 25.8 Å². The van der Waals surface area contributed by atoms with E-state index in [1.807, 2.05) is 19.2 Å². The monoisotopic (exact) mass is 274 g/mol. The molecule has 0 aliphatic heterocycles. The van der Waals surface area contributed by atoms with E-state index >= 15 is 0 Å². The Morgan fingerprint density at radius 1 is 1.16 bits per heavy atom. The van der Waals surface area contributed by atoms with Gasteiger partial charge >= 0.3 is 0 Å². The summed E-state index contributed by atoms with van der Waals surface area (Å²) in [5.41, 5.74) is 3.58. The van der Waals surface area contributed by atoms with Gasteiger partial charge in [-0.05, 0) is 36.7 Å². The van der Waals surface area contributed by atoms with E-state index in [4.69, 9.17) is 11.6 Å². The van der Waals surface area contributed by atoms with Crippen molar-refractivity contribution in [2.75, 3.05) is 7.05 Å². The second kappa shape index (κ2) is 6.69. The average molecular weight is 275 g/mol. The summed E-state index contributed by atoms with van der Waals surface area (Å²) in [7, 11) is 1.95. The molecule has 19 heavy (non-hydrogen) atoms. The first-order valence-corrected chi connectivity index (χ1v) is 7.00. The minimum Gasteiger partial charge on any atom is -0.308 e. The number of nitrogens with zero attached hydrogens (tertiary/aromatic N) is 1. The van der Waals surface area contributed by atoms with Crippen LogP contribution in [-0.4, -0.2) is 12.0 Å². The Kier molecular flexibility index (Phi) is 4.94. The van der Waals surface area contributed by atoms with E-state index < -0.39 is 0 Å². The normalized spacial score (nSPS) is 12.4. The average Bonchev–Trinajstić information content (AvgIpc) is 2.44. The highest BCUT2D eigenvalue weighted by Crippen LogP contribution is 2.21. The van der Waals surface area contributed by atoms with Gasteiger partial charge in [0.05, 0.1) is 16.8 Å². The maximum Gasteiger partial charge on any atom is 0.0748 e. The van der Waals surface area contributed by atoms with E-state index in [1.165, 1.54) is 17.5 Å². The molecule has 1 atom stereocenters. The molecular formula is C16H19ClN2. The van der Waals surface area contributed by atoms with Gasteiger partial charge in [-0.2, -0.15) is 0 Å². The summed E-state index contributed by atoms with van der Waals surface area (Å²) in [5.74, 6) is 0. The summed E-state index contributed by atoms with van der Waals surface area (Å²) in [5, 5.41) is 3.96. The molecule has 1 unspecified atom stereocenters. The Bertz CT molecular complexity index is 505. The van der Waals surface area contributed by atoms with E-state index in [1.54, 1.807) is 6.20 Å². The van der Waals surface area contributed by atoms with Crippen LogP contribution in [0.4, 0.5) is 0 Å². The number of nitrogens with one attached hydrogen (secondary N) is 1. The molecule has 2 rings (SSSR count). The van der Waals surface area contributed by atoms with Gasteiger partial charge in [-0.3, -0.25) is 4.98 Å². The van der Waals surface area contributed by atoms with Crippen molar-refractivity contribution >= 4 is 11.6 Å². The van der Waals surface area contributed by atoms with Gasteiger partial charge in [-0.15, -0.1) is 0 Å². The summed E-state index contributed by atoms with van der Waals surface area (Å²) in [4.78, 5) is 4.39. The van der Waals surface area contributed by atoms with Crippen LogP contribution in [0.1, 0.15) is 36.2 Å². The van der Waals surface area contributed by atoms with E-state index in [-0.39, 0.29) is 6.04 Å². The molecule has 1 aromatic heterocycles. The number of hydrogen-bond acceptors (Lipinski definition) is 2. The minimum atomic E-state index is 0.105. The first-order valence-electron chi connectivity index (χ1n) is 6.62. The number of hydrogen-bond donors (Lipinski definition) is 1. The van der Waals surface area contributed by atoms with Crippen LogP contribution >= 0.6 is 11.6 Å². The molecule has 1 N–H and O–H groups in total. The van der Waals surface area contributed by atoms with Crippen LogP contribution in [0.15, 0.2) is 42.6 Å². The zero-order valence-corrected chi connectivity index (χ0v) is 12.1. The largest absolute Gasteiger partial charge is 0.308 e. The molecule has 3 heteroatoms. The second-order valence-corrected chi connectivity index (χ2v) is 5.05. The molecule has 0 saturated carbocycles. The topological polar surface area (TPSA) is 24.9 Å². The van der Waals surface area contributed by atoms with Crippen molar-refractivity contribution in [3.8, 4) is 0 Å². The van der Waals surface area contributed by atoms with Crippen LogP contribution in [0.5, 0.6) is 0 Å². The van der Waals surface area contributed by atoms with Gasteiger partial charge in [-0.25, -0.2) is 0 Å². The van der Waals surface area contributed by atoms with Crippen molar-refractivity contribution in [2.24, 2.45) is 0 Å². The van der Waals surface area contributed by atoms with Crippen molar-refractivity contribution in [1.29, 1.82) is 0 Å². The Morgan fingerprint density at radius 3 is 2.42 bits per heavy atom. The molecular weight excluding hydrogens is 256 g/mol. The number of benzene rings is 1. The van der Waals surface area contributed by atoms with Gasteiger partial charge in [0.25, 0.3) is 0 Å². The third kappa shape index (κ3) is 3.55. The van der Waals surface area contributed by atoms with E-state index in [0.717, 1.165) is 12.1 Å². The first kappa shape index (κ1) is 14.0. The van der Waals surface area contributed by atoms with E-state index in [0.29, 0.717) is 5.02 Å². The van der Waals surface area contributed by atoms with Crippen LogP contribution in [-0.2, 0) is 6.42 Å². The first-order chi connectivity index (χ1) is 9.24. The molecule has 0 spiro atoms. The Hall–Kier alpha value is -1.38. The number of pyridine rings is 1. The van der Waals surface area contributed by atoms with Crippen molar-refractivity contribution in [3.63, 3.8) is 0 Å². The third-order valence-corrected chi connectivity index (χ3v) is 3.41. The Labute approximate surface area is 119 Å². The number of rotatable bonds is 5. The predicted molar refractivity (Wildman–Crippen MR) is 80.6 cm³/mol. The molecule has 0 bridgehead atoms. The zero-order valence-electron chi connectivity index (χ0n) is 11.4. The van der Waals surface area contributed by atoms with E-state index in [9.17, 15) is 0 Å². The summed E-state index contributed by atoms with van der Waals surface area (Å²) in [6, 6.07) is 12.7. The van der Waals surface area contributed by atoms with Gasteiger partial charge in [0.15, 0.2) is 0 Å². The summed E-state index contributed by atoms with van der Waals surface area (Å²) in [6.07, 6.45) is 3.99. The summed E-state index contributed by atoms with van der Waals surface area (Å²) < 4.78 is 0. The van der Waals surface area contributed by atoms with Gasteiger partial charge in [0, 0.05) is 6.20 Å². The van der Waals surface area contributed by atoms with Gasteiger partial charge in [0.1, 0.15) is 0 Å². The van der Waals surface area contributed by atoms with Crippen molar-refractivity contribution in [3.05, 3.63) is 64.4 Å². The minimum absolute atomic E-state index is 0.105. The Morgan fingerprint density at radius 2 is 1.89 bits per heavy atom. The Balaban J connectivity index is 2.23. The number of halogens is 1. The van der Waals surface area contributed by atoms with Crippen LogP contribution in [0.3, 0.4) is 0 Å². The molecule has 2 aromatic rings. The molecule has 0 amide bonds. The maximum atomic E-state index is 5.88. The smallest absolute Gasteiger partial charge is 0.0748 e. The lowest BCUT2D eigenvalue weighted by Gasteiger charge is -2.16. The lowest BCUT2D eigenvalue weighted by atomic mass is 10.0. The molecule has 0 aliphatic carbocycles. The molecule has 0 aliphatic rings. The SMILES string of the molecule is CCCc1ccc(C(NC)c2ccc(Cl)cn2)cc1. The van der Waals surface area contributed by atoms with Crippen LogP contribution in [0, 0.1) is 0 Å². The highest BCUT2D eigenvalue weighted by atomic mass is 35.5. The van der Waals surface area contributed by atoms with Crippen molar-refractivity contribution in [1.82, 2.24) is 10.3 Å². The molecule has 0 radical (unpaired) electrons. The lowest BCUT2D eigenvalue weighted by Crippen LogP contribution is -2.18. The fraction of sp³-hybridized carbons (Fsp3) is 0.312. The quantitative estimate of drug-likeness (QED) is 0.892. The lowest BCUT2D eigenvalue weighted by molar-refractivity contribution is 0.670. The standard InChI is InChI=1S/C16H19ClN2/c1-3-4-12-5-7-13(8-6-12)16(18-2)15-10-9-14(17)11-19-15/h5-11,16,18H,3-4H2,1-2H3. The number of aromatic nitrogens is 1. The summed E-state index contributed by atoms with van der Waals surface area (Å²) >= 11 is 5.88. The predicted octanol–water partition coefficient (Wildman–Crippen LogP) is 4.00. The number of aryl methyl sites for hydroxylation is 1. The molecule has 2 nitrogen and oxygen atoms in total. The van der Waals surface area contributed by atoms with E-state index in [2.05, 4.69) is 41.5 Å². The molecule has 1 aromatic carbocycles. The van der Waals surface area contributed by atoms with Crippen LogP contribution in [0.2, 0.25) is 5.02 Å². The van der Waals surface area contributed by atoms with Crippen molar-refractivity contribution < 1.29 is 0 Å². The molecule has 0 saturated heterocycles. The fourth-order valence-electron chi connectivity index (χ4n) is 2.21. The zero-order chi connectivity index (χ0) is 13.7. The maximum absolute atomic E-state index is 5.88. The second-order valence-electron chi connectivity index (χ2n) is 4.61. The van der Waals surface area contributed by atoms with Crippen LogP contribution in [0.25, 0.3) is 0 Å². The van der Waals surface area contributed by atoms with Gasteiger partial charge in [-0.1, -0.05) is 49.2 Å². The highest BCUT2D eigenvalue weighted by molar-refractivity contribution is 6.30. The molecule has 100 valence electrons. The highest BCUT2D eigenvalue weighted by Gasteiger charge is 2.12. The van der Waals surface area contributed by atoms with Gasteiger partial charge < -0.3 is 5.32 Å². The third-order valence-electron chi connectivity index (χ3n) is 3.19. The van der Waals surface area contributed by atoms with Gasteiger partial charge in [0.2, 0.25) is 0 Å². The summed E-state index contributed by atoms with van der Waals surface area (Å²) in [6.45, 7) is 2.20. The molecule has 1 heterocycles. The fourth-order valence-corrected chi connectivity index (χ4v) is 2.32.